The lowest BCUT2D eigenvalue weighted by atomic mass is 9.79. The highest BCUT2D eigenvalue weighted by Gasteiger charge is 2.31. The van der Waals surface area contributed by atoms with Gasteiger partial charge in [-0.3, -0.25) is 0 Å². The van der Waals surface area contributed by atoms with Crippen molar-refractivity contribution in [1.29, 1.82) is 0 Å². The Labute approximate surface area is 130 Å². The molecule has 0 radical (unpaired) electrons. The molecule has 0 aromatic heterocycles. The van der Waals surface area contributed by atoms with Gasteiger partial charge in [-0.25, -0.2) is 0 Å². The second kappa shape index (κ2) is 9.78. The first kappa shape index (κ1) is 18.9. The van der Waals surface area contributed by atoms with Gasteiger partial charge in [0.25, 0.3) is 0 Å². The maximum atomic E-state index is 10.4. The monoisotopic (exact) mass is 301 g/mol. The minimum Gasteiger partial charge on any atom is -0.389 e. The van der Waals surface area contributed by atoms with Gasteiger partial charge in [-0.2, -0.15) is 0 Å². The van der Waals surface area contributed by atoms with Gasteiger partial charge in [0.05, 0.1) is 18.3 Å². The Morgan fingerprint density at radius 1 is 1.29 bits per heavy atom. The van der Waals surface area contributed by atoms with E-state index in [0.717, 1.165) is 44.6 Å². The maximum absolute atomic E-state index is 10.4. The van der Waals surface area contributed by atoms with Crippen molar-refractivity contribution in [3.05, 3.63) is 0 Å². The third-order valence-corrected chi connectivity index (χ3v) is 4.42. The SMILES string of the molecule is CC(C)CCCOCC(O)CNCC1(O)CCC(C)CC1. The van der Waals surface area contributed by atoms with E-state index in [4.69, 9.17) is 4.74 Å². The minimum atomic E-state index is -0.579. The van der Waals surface area contributed by atoms with Crippen LogP contribution in [-0.4, -0.2) is 48.2 Å². The lowest BCUT2D eigenvalue weighted by Gasteiger charge is -2.35. The summed E-state index contributed by atoms with van der Waals surface area (Å²) in [6.07, 6.45) is 5.65. The summed E-state index contributed by atoms with van der Waals surface area (Å²) in [5.41, 5.74) is -0.579. The first-order valence-corrected chi connectivity index (χ1v) is 8.60. The largest absolute Gasteiger partial charge is 0.389 e. The van der Waals surface area contributed by atoms with Crippen LogP contribution in [0.5, 0.6) is 0 Å². The van der Waals surface area contributed by atoms with Crippen LogP contribution < -0.4 is 5.32 Å². The molecular weight excluding hydrogens is 266 g/mol. The van der Waals surface area contributed by atoms with Crippen LogP contribution in [0.1, 0.15) is 59.3 Å². The van der Waals surface area contributed by atoms with Crippen molar-refractivity contribution in [3.8, 4) is 0 Å². The first-order chi connectivity index (χ1) is 9.91. The van der Waals surface area contributed by atoms with Crippen LogP contribution in [0.4, 0.5) is 0 Å². The molecule has 1 fully saturated rings. The Morgan fingerprint density at radius 2 is 1.95 bits per heavy atom. The van der Waals surface area contributed by atoms with Crippen LogP contribution in [0, 0.1) is 11.8 Å². The second-order valence-electron chi connectivity index (χ2n) is 7.30. The summed E-state index contributed by atoms with van der Waals surface area (Å²) in [5.74, 6) is 1.44. The predicted octanol–water partition coefficient (Wildman–Crippen LogP) is 2.33. The third-order valence-electron chi connectivity index (χ3n) is 4.42. The number of hydrogen-bond acceptors (Lipinski definition) is 4. The molecule has 1 rings (SSSR count). The number of rotatable bonds is 10. The van der Waals surface area contributed by atoms with E-state index in [-0.39, 0.29) is 0 Å². The molecule has 0 bridgehead atoms. The van der Waals surface area contributed by atoms with Crippen LogP contribution in [0.2, 0.25) is 0 Å². The molecule has 1 aliphatic rings. The summed E-state index contributed by atoms with van der Waals surface area (Å²) in [7, 11) is 0. The fourth-order valence-corrected chi connectivity index (χ4v) is 2.82. The van der Waals surface area contributed by atoms with Crippen molar-refractivity contribution < 1.29 is 14.9 Å². The van der Waals surface area contributed by atoms with Gasteiger partial charge in [0.15, 0.2) is 0 Å². The molecule has 0 spiro atoms. The van der Waals surface area contributed by atoms with Crippen molar-refractivity contribution in [2.75, 3.05) is 26.3 Å². The summed E-state index contributed by atoms with van der Waals surface area (Å²) < 4.78 is 5.48. The van der Waals surface area contributed by atoms with Crippen molar-refractivity contribution in [3.63, 3.8) is 0 Å². The molecule has 0 saturated heterocycles. The quantitative estimate of drug-likeness (QED) is 0.542. The average molecular weight is 301 g/mol. The summed E-state index contributed by atoms with van der Waals surface area (Å²) in [6.45, 7) is 8.81. The Hall–Kier alpha value is -0.160. The zero-order valence-electron chi connectivity index (χ0n) is 14.1. The van der Waals surface area contributed by atoms with Crippen molar-refractivity contribution in [2.24, 2.45) is 11.8 Å². The molecule has 126 valence electrons. The Bertz CT molecular complexity index is 263. The van der Waals surface area contributed by atoms with Crippen LogP contribution in [0.25, 0.3) is 0 Å². The van der Waals surface area contributed by atoms with Crippen molar-refractivity contribution >= 4 is 0 Å². The molecule has 0 heterocycles. The van der Waals surface area contributed by atoms with E-state index in [2.05, 4.69) is 26.1 Å². The van der Waals surface area contributed by atoms with Crippen LogP contribution in [0.3, 0.4) is 0 Å². The van der Waals surface area contributed by atoms with Crippen molar-refractivity contribution in [2.45, 2.75) is 71.0 Å². The maximum Gasteiger partial charge on any atom is 0.0897 e. The number of aliphatic hydroxyl groups excluding tert-OH is 1. The van der Waals surface area contributed by atoms with E-state index in [1.807, 2.05) is 0 Å². The number of aliphatic hydroxyl groups is 2. The summed E-state index contributed by atoms with van der Waals surface area (Å²) in [4.78, 5) is 0. The van der Waals surface area contributed by atoms with E-state index in [9.17, 15) is 10.2 Å². The molecule has 1 unspecified atom stereocenters. The van der Waals surface area contributed by atoms with E-state index in [0.29, 0.717) is 25.6 Å². The zero-order valence-corrected chi connectivity index (χ0v) is 14.1. The number of hydrogen-bond donors (Lipinski definition) is 3. The third kappa shape index (κ3) is 8.77. The summed E-state index contributed by atoms with van der Waals surface area (Å²) in [5, 5.41) is 23.5. The van der Waals surface area contributed by atoms with Crippen LogP contribution in [0.15, 0.2) is 0 Å². The molecule has 1 aliphatic carbocycles. The van der Waals surface area contributed by atoms with E-state index in [1.54, 1.807) is 0 Å². The summed E-state index contributed by atoms with van der Waals surface area (Å²) in [6, 6.07) is 0. The molecule has 1 saturated carbocycles. The number of ether oxygens (including phenoxy) is 1. The fraction of sp³-hybridized carbons (Fsp3) is 1.00. The fourth-order valence-electron chi connectivity index (χ4n) is 2.82. The van der Waals surface area contributed by atoms with Gasteiger partial charge in [-0.15, -0.1) is 0 Å². The zero-order chi connectivity index (χ0) is 15.7. The van der Waals surface area contributed by atoms with Gasteiger partial charge in [0.1, 0.15) is 0 Å². The molecule has 21 heavy (non-hydrogen) atoms. The highest BCUT2D eigenvalue weighted by molar-refractivity contribution is 4.86. The molecule has 4 nitrogen and oxygen atoms in total. The van der Waals surface area contributed by atoms with Gasteiger partial charge in [0, 0.05) is 19.7 Å². The molecule has 0 aliphatic heterocycles. The normalized spacial score (nSPS) is 28.0. The van der Waals surface area contributed by atoms with Gasteiger partial charge in [-0.1, -0.05) is 20.8 Å². The van der Waals surface area contributed by atoms with Gasteiger partial charge in [0.2, 0.25) is 0 Å². The van der Waals surface area contributed by atoms with E-state index in [1.165, 1.54) is 6.42 Å². The summed E-state index contributed by atoms with van der Waals surface area (Å²) >= 11 is 0. The number of nitrogens with one attached hydrogen (secondary N) is 1. The Morgan fingerprint density at radius 3 is 2.57 bits per heavy atom. The van der Waals surface area contributed by atoms with Gasteiger partial charge in [-0.05, 0) is 50.4 Å². The van der Waals surface area contributed by atoms with Crippen LogP contribution in [-0.2, 0) is 4.74 Å². The van der Waals surface area contributed by atoms with E-state index < -0.39 is 11.7 Å². The smallest absolute Gasteiger partial charge is 0.0897 e. The van der Waals surface area contributed by atoms with Gasteiger partial charge < -0.3 is 20.3 Å². The minimum absolute atomic E-state index is 0.376. The highest BCUT2D eigenvalue weighted by atomic mass is 16.5. The molecular formula is C17H35NO3. The first-order valence-electron chi connectivity index (χ1n) is 8.60. The Kier molecular flexibility index (Phi) is 8.79. The molecule has 0 aromatic carbocycles. The molecule has 1 atom stereocenters. The lowest BCUT2D eigenvalue weighted by Crippen LogP contribution is -2.45. The molecule has 4 heteroatoms. The second-order valence-corrected chi connectivity index (χ2v) is 7.30. The average Bonchev–Trinajstić information content (AvgIpc) is 2.42. The molecule has 0 amide bonds. The van der Waals surface area contributed by atoms with Crippen LogP contribution >= 0.6 is 0 Å². The topological polar surface area (TPSA) is 61.7 Å². The highest BCUT2D eigenvalue weighted by Crippen LogP contribution is 2.31. The lowest BCUT2D eigenvalue weighted by molar-refractivity contribution is -0.0119. The molecule has 3 N–H and O–H groups in total. The predicted molar refractivity (Wildman–Crippen MR) is 86.3 cm³/mol. The van der Waals surface area contributed by atoms with Gasteiger partial charge >= 0.3 is 0 Å². The van der Waals surface area contributed by atoms with Crippen molar-refractivity contribution in [1.82, 2.24) is 5.32 Å². The van der Waals surface area contributed by atoms with E-state index >= 15 is 0 Å². The Balaban J connectivity index is 2.01. The molecule has 0 aromatic rings. The standard InChI is InChI=1S/C17H35NO3/c1-14(2)5-4-10-21-12-16(19)11-18-13-17(20)8-6-15(3)7-9-17/h14-16,18-20H,4-13H2,1-3H3.